The first-order valence-corrected chi connectivity index (χ1v) is 12.0. The number of amides is 2. The van der Waals surface area contributed by atoms with Gasteiger partial charge >= 0.3 is 0 Å². The van der Waals surface area contributed by atoms with Crippen molar-refractivity contribution in [1.29, 1.82) is 0 Å². The molecular formula is C26H29BrN2O4. The Balaban J connectivity index is 1.56. The van der Waals surface area contributed by atoms with Crippen molar-refractivity contribution in [3.8, 4) is 0 Å². The lowest BCUT2D eigenvalue weighted by Gasteiger charge is -2.28. The van der Waals surface area contributed by atoms with Gasteiger partial charge in [0.2, 0.25) is 5.91 Å². The second-order valence-corrected chi connectivity index (χ2v) is 10.7. The molecule has 0 radical (unpaired) electrons. The van der Waals surface area contributed by atoms with E-state index in [4.69, 9.17) is 4.74 Å². The monoisotopic (exact) mass is 512 g/mol. The average molecular weight is 513 g/mol. The zero-order chi connectivity index (χ0) is 23.8. The summed E-state index contributed by atoms with van der Waals surface area (Å²) in [6, 6.07) is 13.8. The standard InChI is InChI=1S/C26H29BrN2O4/c1-26(2,3)18-8-6-17(7-9-18)24(31)28-20(14-16-4-10-19(27)11-5-16)25(32)29-13-12-22-23(29)21(30)15-33-22/h4-11,20,22-23H,12-15H2,1-3H3,(H,28,31)/t20-,22+,23+/m0/s1. The van der Waals surface area contributed by atoms with Crippen molar-refractivity contribution >= 4 is 33.5 Å². The van der Waals surface area contributed by atoms with E-state index >= 15 is 0 Å². The third kappa shape index (κ3) is 5.20. The molecule has 2 fully saturated rings. The maximum atomic E-state index is 13.6. The van der Waals surface area contributed by atoms with E-state index in [9.17, 15) is 14.4 Å². The Morgan fingerprint density at radius 2 is 1.79 bits per heavy atom. The first-order chi connectivity index (χ1) is 15.6. The summed E-state index contributed by atoms with van der Waals surface area (Å²) in [5.74, 6) is -0.628. The first-order valence-electron chi connectivity index (χ1n) is 11.2. The van der Waals surface area contributed by atoms with Crippen LogP contribution >= 0.6 is 15.9 Å². The number of nitrogens with zero attached hydrogens (tertiary/aromatic N) is 1. The van der Waals surface area contributed by atoms with Crippen LogP contribution in [0.2, 0.25) is 0 Å². The number of carbonyl (C=O) groups is 3. The molecule has 2 amide bonds. The van der Waals surface area contributed by atoms with E-state index in [0.29, 0.717) is 24.9 Å². The normalized spacial score (nSPS) is 21.1. The smallest absolute Gasteiger partial charge is 0.251 e. The maximum Gasteiger partial charge on any atom is 0.251 e. The van der Waals surface area contributed by atoms with Gasteiger partial charge in [-0.05, 0) is 47.2 Å². The third-order valence-corrected chi connectivity index (χ3v) is 6.89. The molecule has 2 aliphatic rings. The largest absolute Gasteiger partial charge is 0.368 e. The van der Waals surface area contributed by atoms with Crippen LogP contribution in [0.5, 0.6) is 0 Å². The molecule has 7 heteroatoms. The fourth-order valence-electron chi connectivity index (χ4n) is 4.46. The number of Topliss-reactive ketones (excluding diaryl/α,β-unsaturated/α-hetero) is 1. The molecule has 174 valence electrons. The number of ether oxygens (including phenoxy) is 1. The molecule has 2 aromatic rings. The third-order valence-electron chi connectivity index (χ3n) is 6.36. The summed E-state index contributed by atoms with van der Waals surface area (Å²) in [6.07, 6.45) is 0.728. The Kier molecular flexibility index (Phi) is 6.73. The van der Waals surface area contributed by atoms with Gasteiger partial charge < -0.3 is 15.0 Å². The van der Waals surface area contributed by atoms with Crippen LogP contribution in [0, 0.1) is 0 Å². The van der Waals surface area contributed by atoms with Gasteiger partial charge in [0, 0.05) is 23.0 Å². The molecule has 6 nitrogen and oxygen atoms in total. The summed E-state index contributed by atoms with van der Waals surface area (Å²) in [5, 5.41) is 2.93. The van der Waals surface area contributed by atoms with Gasteiger partial charge in [-0.15, -0.1) is 0 Å². The van der Waals surface area contributed by atoms with E-state index in [2.05, 4.69) is 42.0 Å². The number of rotatable bonds is 5. The quantitative estimate of drug-likeness (QED) is 0.663. The van der Waals surface area contributed by atoms with Crippen molar-refractivity contribution in [2.24, 2.45) is 0 Å². The maximum absolute atomic E-state index is 13.6. The van der Waals surface area contributed by atoms with Gasteiger partial charge in [0.25, 0.3) is 5.91 Å². The number of hydrogen-bond acceptors (Lipinski definition) is 4. The van der Waals surface area contributed by atoms with E-state index in [1.807, 2.05) is 36.4 Å². The lowest BCUT2D eigenvalue weighted by atomic mass is 9.86. The van der Waals surface area contributed by atoms with E-state index in [0.717, 1.165) is 15.6 Å². The van der Waals surface area contributed by atoms with Crippen molar-refractivity contribution in [2.45, 2.75) is 57.2 Å². The van der Waals surface area contributed by atoms with Gasteiger partial charge in [-0.25, -0.2) is 0 Å². The Hall–Kier alpha value is -2.51. The second-order valence-electron chi connectivity index (χ2n) is 9.76. The zero-order valence-corrected chi connectivity index (χ0v) is 20.7. The van der Waals surface area contributed by atoms with Crippen LogP contribution in [0.4, 0.5) is 0 Å². The Bertz CT molecular complexity index is 1040. The van der Waals surface area contributed by atoms with Crippen LogP contribution in [0.3, 0.4) is 0 Å². The van der Waals surface area contributed by atoms with Crippen molar-refractivity contribution in [3.63, 3.8) is 0 Å². The molecule has 2 aliphatic heterocycles. The van der Waals surface area contributed by atoms with Gasteiger partial charge in [0.1, 0.15) is 18.7 Å². The predicted octanol–water partition coefficient (Wildman–Crippen LogP) is 3.66. The van der Waals surface area contributed by atoms with Crippen LogP contribution in [0.25, 0.3) is 0 Å². The molecule has 33 heavy (non-hydrogen) atoms. The number of halogens is 1. The Morgan fingerprint density at radius 3 is 2.42 bits per heavy atom. The minimum Gasteiger partial charge on any atom is -0.368 e. The fourth-order valence-corrected chi connectivity index (χ4v) is 4.73. The zero-order valence-electron chi connectivity index (χ0n) is 19.1. The SMILES string of the molecule is CC(C)(C)c1ccc(C(=O)N[C@@H](Cc2ccc(Br)cc2)C(=O)N2CC[C@H]3OCC(=O)[C@H]32)cc1. The minimum atomic E-state index is -0.784. The molecule has 0 aliphatic carbocycles. The van der Waals surface area contributed by atoms with Crippen molar-refractivity contribution in [1.82, 2.24) is 10.2 Å². The van der Waals surface area contributed by atoms with Gasteiger partial charge in [-0.2, -0.15) is 0 Å². The molecule has 0 saturated carbocycles. The van der Waals surface area contributed by atoms with Gasteiger partial charge in [-0.1, -0.05) is 61.0 Å². The minimum absolute atomic E-state index is 0.0166. The molecule has 2 heterocycles. The molecule has 2 aromatic carbocycles. The highest BCUT2D eigenvalue weighted by molar-refractivity contribution is 9.10. The number of fused-ring (bicyclic) bond motifs is 1. The van der Waals surface area contributed by atoms with Gasteiger partial charge in [-0.3, -0.25) is 14.4 Å². The highest BCUT2D eigenvalue weighted by Crippen LogP contribution is 2.28. The first kappa shape index (κ1) is 23.6. The number of likely N-dealkylation sites (tertiary alicyclic amines) is 1. The molecule has 0 unspecified atom stereocenters. The average Bonchev–Trinajstić information content (AvgIpc) is 3.37. The lowest BCUT2D eigenvalue weighted by Crippen LogP contribution is -2.53. The van der Waals surface area contributed by atoms with Crippen LogP contribution in [0.1, 0.15) is 48.7 Å². The number of ketones is 1. The van der Waals surface area contributed by atoms with Gasteiger partial charge in [0.15, 0.2) is 5.78 Å². The number of benzene rings is 2. The molecule has 2 saturated heterocycles. The number of carbonyl (C=O) groups excluding carboxylic acids is 3. The van der Waals surface area contributed by atoms with Gasteiger partial charge in [0.05, 0.1) is 6.10 Å². The van der Waals surface area contributed by atoms with Crippen LogP contribution in [-0.4, -0.2) is 53.8 Å². The molecule has 0 spiro atoms. The highest BCUT2D eigenvalue weighted by Gasteiger charge is 2.48. The summed E-state index contributed by atoms with van der Waals surface area (Å²) >= 11 is 3.43. The highest BCUT2D eigenvalue weighted by atomic mass is 79.9. The second kappa shape index (κ2) is 9.39. The van der Waals surface area contributed by atoms with Crippen molar-refractivity contribution in [3.05, 3.63) is 69.7 Å². The molecule has 0 aromatic heterocycles. The number of nitrogens with one attached hydrogen (secondary N) is 1. The van der Waals surface area contributed by atoms with Crippen LogP contribution < -0.4 is 5.32 Å². The van der Waals surface area contributed by atoms with Crippen molar-refractivity contribution < 1.29 is 19.1 Å². The summed E-state index contributed by atoms with van der Waals surface area (Å²) in [6.45, 7) is 6.85. The van der Waals surface area contributed by atoms with E-state index in [1.165, 1.54) is 0 Å². The summed E-state index contributed by atoms with van der Waals surface area (Å²) in [7, 11) is 0. The van der Waals surface area contributed by atoms with E-state index < -0.39 is 12.1 Å². The summed E-state index contributed by atoms with van der Waals surface area (Å²) in [4.78, 5) is 40.6. The molecule has 4 rings (SSSR count). The molecule has 1 N–H and O–H groups in total. The Labute approximate surface area is 202 Å². The lowest BCUT2D eigenvalue weighted by molar-refractivity contribution is -0.138. The summed E-state index contributed by atoms with van der Waals surface area (Å²) < 4.78 is 6.47. The van der Waals surface area contributed by atoms with Crippen LogP contribution in [-0.2, 0) is 26.2 Å². The fraction of sp³-hybridized carbons (Fsp3) is 0.423. The predicted molar refractivity (Wildman–Crippen MR) is 129 cm³/mol. The van der Waals surface area contributed by atoms with E-state index in [1.54, 1.807) is 17.0 Å². The number of hydrogen-bond donors (Lipinski definition) is 1. The molecule has 3 atom stereocenters. The van der Waals surface area contributed by atoms with Crippen LogP contribution in [0.15, 0.2) is 53.0 Å². The topological polar surface area (TPSA) is 75.7 Å². The van der Waals surface area contributed by atoms with E-state index in [-0.39, 0.29) is 35.7 Å². The molecule has 0 bridgehead atoms. The Morgan fingerprint density at radius 1 is 1.12 bits per heavy atom. The summed E-state index contributed by atoms with van der Waals surface area (Å²) in [5.41, 5.74) is 2.53. The van der Waals surface area contributed by atoms with Crippen molar-refractivity contribution in [2.75, 3.05) is 13.2 Å². The molecular weight excluding hydrogens is 484 g/mol.